The summed E-state index contributed by atoms with van der Waals surface area (Å²) < 4.78 is 10.5. The van der Waals surface area contributed by atoms with Crippen molar-refractivity contribution in [3.63, 3.8) is 0 Å². The number of methoxy groups -OCH3 is 1. The predicted molar refractivity (Wildman–Crippen MR) is 119 cm³/mol. The van der Waals surface area contributed by atoms with Gasteiger partial charge in [-0.25, -0.2) is 0 Å². The fraction of sp³-hybridized carbons (Fsp3) is 0.333. The number of likely N-dealkylation sites (tertiary alicyclic amines) is 1. The summed E-state index contributed by atoms with van der Waals surface area (Å²) in [5.74, 6) is 1.03. The third-order valence-corrected chi connectivity index (χ3v) is 5.86. The highest BCUT2D eigenvalue weighted by Gasteiger charge is 2.25. The Kier molecular flexibility index (Phi) is 6.89. The molecular weight excluding hydrogens is 414 g/mol. The second kappa shape index (κ2) is 9.98. The molecule has 1 unspecified atom stereocenters. The van der Waals surface area contributed by atoms with Gasteiger partial charge in [0, 0.05) is 36.6 Å². The highest BCUT2D eigenvalue weighted by atomic mass is 35.5. The van der Waals surface area contributed by atoms with E-state index in [9.17, 15) is 4.79 Å². The standard InChI is InChI=1S/C24H26ClN3O3/c1-30-21-10-6-17(7-11-21)14-26-24(29)23-13-22(27-31-23)19-3-2-12-28(16-19)15-18-4-8-20(25)9-5-18/h4-11,13,19H,2-3,12,14-16H2,1H3,(H,26,29). The molecule has 1 aliphatic rings. The zero-order valence-electron chi connectivity index (χ0n) is 17.5. The van der Waals surface area contributed by atoms with Crippen LogP contribution in [0.15, 0.2) is 59.1 Å². The fourth-order valence-corrected chi connectivity index (χ4v) is 4.02. The van der Waals surface area contributed by atoms with Crippen LogP contribution in [-0.4, -0.2) is 36.2 Å². The molecule has 2 heterocycles. The first-order chi connectivity index (χ1) is 15.1. The topological polar surface area (TPSA) is 67.6 Å². The van der Waals surface area contributed by atoms with Crippen LogP contribution in [0.4, 0.5) is 0 Å². The molecule has 0 radical (unpaired) electrons. The van der Waals surface area contributed by atoms with Crippen LogP contribution in [0.1, 0.15) is 46.1 Å². The number of hydrogen-bond acceptors (Lipinski definition) is 5. The summed E-state index contributed by atoms with van der Waals surface area (Å²) >= 11 is 5.98. The maximum absolute atomic E-state index is 12.5. The van der Waals surface area contributed by atoms with Gasteiger partial charge in [0.15, 0.2) is 0 Å². The van der Waals surface area contributed by atoms with Crippen molar-refractivity contribution in [1.82, 2.24) is 15.4 Å². The zero-order chi connectivity index (χ0) is 21.6. The Bertz CT molecular complexity index is 1000. The van der Waals surface area contributed by atoms with E-state index >= 15 is 0 Å². The van der Waals surface area contributed by atoms with Crippen LogP contribution < -0.4 is 10.1 Å². The van der Waals surface area contributed by atoms with Gasteiger partial charge in [-0.1, -0.05) is 41.0 Å². The minimum atomic E-state index is -0.261. The first kappa shape index (κ1) is 21.4. The smallest absolute Gasteiger partial charge is 0.290 e. The third-order valence-electron chi connectivity index (χ3n) is 5.61. The Morgan fingerprint density at radius 1 is 1.19 bits per heavy atom. The molecule has 7 heteroatoms. The molecule has 2 aromatic carbocycles. The molecule has 3 aromatic rings. The van der Waals surface area contributed by atoms with Gasteiger partial charge in [0.1, 0.15) is 5.75 Å². The van der Waals surface area contributed by atoms with Gasteiger partial charge < -0.3 is 14.6 Å². The van der Waals surface area contributed by atoms with Gasteiger partial charge >= 0.3 is 0 Å². The molecule has 1 fully saturated rings. The quantitative estimate of drug-likeness (QED) is 0.580. The van der Waals surface area contributed by atoms with Gasteiger partial charge in [-0.3, -0.25) is 9.69 Å². The van der Waals surface area contributed by atoms with Gasteiger partial charge in [0.05, 0.1) is 12.8 Å². The number of halogens is 1. The number of carbonyl (C=O) groups excluding carboxylic acids is 1. The molecule has 0 aliphatic carbocycles. The van der Waals surface area contributed by atoms with Crippen molar-refractivity contribution >= 4 is 17.5 Å². The van der Waals surface area contributed by atoms with Crippen LogP contribution >= 0.6 is 11.6 Å². The maximum Gasteiger partial charge on any atom is 0.290 e. The minimum absolute atomic E-state index is 0.248. The van der Waals surface area contributed by atoms with Gasteiger partial charge in [-0.05, 0) is 54.8 Å². The van der Waals surface area contributed by atoms with Crippen molar-refractivity contribution in [2.75, 3.05) is 20.2 Å². The number of nitrogens with one attached hydrogen (secondary N) is 1. The third kappa shape index (κ3) is 5.66. The number of piperidine rings is 1. The SMILES string of the molecule is COc1ccc(CNC(=O)c2cc(C3CCCN(Cc4ccc(Cl)cc4)C3)no2)cc1. The second-order valence-electron chi connectivity index (χ2n) is 7.85. The average Bonchev–Trinajstić information content (AvgIpc) is 3.30. The molecule has 1 saturated heterocycles. The van der Waals surface area contributed by atoms with Gasteiger partial charge in [0.25, 0.3) is 5.91 Å². The molecule has 0 bridgehead atoms. The van der Waals surface area contributed by atoms with Gasteiger partial charge in [-0.15, -0.1) is 0 Å². The lowest BCUT2D eigenvalue weighted by Crippen LogP contribution is -2.34. The van der Waals surface area contributed by atoms with Crippen LogP contribution in [-0.2, 0) is 13.1 Å². The number of amides is 1. The molecule has 0 saturated carbocycles. The van der Waals surface area contributed by atoms with Crippen molar-refractivity contribution < 1.29 is 14.1 Å². The molecule has 1 N–H and O–H groups in total. The molecule has 1 aliphatic heterocycles. The van der Waals surface area contributed by atoms with Crippen molar-refractivity contribution in [2.45, 2.75) is 31.8 Å². The molecule has 1 amide bonds. The van der Waals surface area contributed by atoms with Crippen LogP contribution in [0.5, 0.6) is 5.75 Å². The van der Waals surface area contributed by atoms with Gasteiger partial charge in [0.2, 0.25) is 5.76 Å². The Balaban J connectivity index is 1.32. The average molecular weight is 440 g/mol. The highest BCUT2D eigenvalue weighted by Crippen LogP contribution is 2.27. The summed E-state index contributed by atoms with van der Waals surface area (Å²) in [5, 5.41) is 7.83. The summed E-state index contributed by atoms with van der Waals surface area (Å²) in [6.07, 6.45) is 2.13. The normalized spacial score (nSPS) is 16.8. The van der Waals surface area contributed by atoms with Crippen molar-refractivity contribution in [3.05, 3.63) is 82.2 Å². The van der Waals surface area contributed by atoms with E-state index in [-0.39, 0.29) is 17.6 Å². The first-order valence-electron chi connectivity index (χ1n) is 10.5. The molecule has 31 heavy (non-hydrogen) atoms. The van der Waals surface area contributed by atoms with E-state index in [1.807, 2.05) is 36.4 Å². The Morgan fingerprint density at radius 2 is 1.94 bits per heavy atom. The molecule has 1 atom stereocenters. The van der Waals surface area contributed by atoms with Crippen LogP contribution in [0.25, 0.3) is 0 Å². The lowest BCUT2D eigenvalue weighted by atomic mass is 9.94. The summed E-state index contributed by atoms with van der Waals surface area (Å²) in [6.45, 7) is 3.23. The first-order valence-corrected chi connectivity index (χ1v) is 10.8. The van der Waals surface area contributed by atoms with E-state index < -0.39 is 0 Å². The number of ether oxygens (including phenoxy) is 1. The summed E-state index contributed by atoms with van der Waals surface area (Å²) in [5.41, 5.74) is 3.07. The summed E-state index contributed by atoms with van der Waals surface area (Å²) in [7, 11) is 1.63. The minimum Gasteiger partial charge on any atom is -0.497 e. The van der Waals surface area contributed by atoms with Crippen LogP contribution in [0.2, 0.25) is 5.02 Å². The molecular formula is C24H26ClN3O3. The van der Waals surface area contributed by atoms with Crippen LogP contribution in [0, 0.1) is 0 Å². The maximum atomic E-state index is 12.5. The van der Waals surface area contributed by atoms with E-state index in [1.54, 1.807) is 13.2 Å². The molecule has 4 rings (SSSR count). The van der Waals surface area contributed by atoms with E-state index in [4.69, 9.17) is 20.9 Å². The number of aromatic nitrogens is 1. The van der Waals surface area contributed by atoms with Crippen molar-refractivity contribution in [2.24, 2.45) is 0 Å². The molecule has 6 nitrogen and oxygen atoms in total. The van der Waals surface area contributed by atoms with E-state index in [0.717, 1.165) is 54.5 Å². The number of nitrogens with zero attached hydrogens (tertiary/aromatic N) is 2. The van der Waals surface area contributed by atoms with E-state index in [1.165, 1.54) is 5.56 Å². The monoisotopic (exact) mass is 439 g/mol. The number of carbonyl (C=O) groups is 1. The molecule has 1 aromatic heterocycles. The Hall–Kier alpha value is -2.83. The Morgan fingerprint density at radius 3 is 2.68 bits per heavy atom. The summed E-state index contributed by atoms with van der Waals surface area (Å²) in [6, 6.07) is 17.3. The Labute approximate surface area is 187 Å². The molecule has 162 valence electrons. The fourth-order valence-electron chi connectivity index (χ4n) is 3.89. The predicted octanol–water partition coefficient (Wildman–Crippen LogP) is 4.65. The number of hydrogen-bond donors (Lipinski definition) is 1. The molecule has 0 spiro atoms. The highest BCUT2D eigenvalue weighted by molar-refractivity contribution is 6.30. The zero-order valence-corrected chi connectivity index (χ0v) is 18.3. The second-order valence-corrected chi connectivity index (χ2v) is 8.28. The van der Waals surface area contributed by atoms with Crippen molar-refractivity contribution in [3.8, 4) is 5.75 Å². The largest absolute Gasteiger partial charge is 0.497 e. The lowest BCUT2D eigenvalue weighted by Gasteiger charge is -2.31. The number of rotatable bonds is 7. The van der Waals surface area contributed by atoms with E-state index in [2.05, 4.69) is 27.5 Å². The van der Waals surface area contributed by atoms with Crippen LogP contribution in [0.3, 0.4) is 0 Å². The summed E-state index contributed by atoms with van der Waals surface area (Å²) in [4.78, 5) is 14.9. The number of benzene rings is 2. The van der Waals surface area contributed by atoms with E-state index in [0.29, 0.717) is 6.54 Å². The lowest BCUT2D eigenvalue weighted by molar-refractivity contribution is 0.0913. The van der Waals surface area contributed by atoms with Gasteiger partial charge in [-0.2, -0.15) is 0 Å². The van der Waals surface area contributed by atoms with Crippen molar-refractivity contribution in [1.29, 1.82) is 0 Å².